The molecule has 27 heavy (non-hydrogen) atoms. The van der Waals surface area contributed by atoms with Crippen molar-refractivity contribution in [2.24, 2.45) is 0 Å². The zero-order valence-electron chi connectivity index (χ0n) is 14.4. The van der Waals surface area contributed by atoms with Crippen LogP contribution in [-0.2, 0) is 19.5 Å². The zero-order valence-corrected chi connectivity index (χ0v) is 15.9. The van der Waals surface area contributed by atoms with Crippen LogP contribution in [0.25, 0.3) is 0 Å². The molecule has 0 bridgehead atoms. The number of aromatic nitrogens is 3. The van der Waals surface area contributed by atoms with Gasteiger partial charge < -0.3 is 5.11 Å². The normalized spacial score (nSPS) is 11.1. The second-order valence-electron chi connectivity index (χ2n) is 6.14. The standard InChI is InChI=1S/C19H18Cl2N4O2/c20-15-5-1-13(2-6-15)11-25(12-14-3-7-16(21)8-4-14)10-9-17-18(19(26)27)23-24-22-17/h1-8H,9-12H2,(H,26,27)(H,22,23,24). The average Bonchev–Trinajstić information content (AvgIpc) is 3.12. The number of carboxylic acids is 1. The lowest BCUT2D eigenvalue weighted by Crippen LogP contribution is -2.26. The van der Waals surface area contributed by atoms with E-state index in [0.717, 1.165) is 11.1 Å². The van der Waals surface area contributed by atoms with Crippen LogP contribution in [0.2, 0.25) is 10.0 Å². The van der Waals surface area contributed by atoms with Crippen molar-refractivity contribution in [3.63, 3.8) is 0 Å². The Morgan fingerprint density at radius 3 is 1.93 bits per heavy atom. The van der Waals surface area contributed by atoms with Crippen molar-refractivity contribution in [1.82, 2.24) is 20.3 Å². The van der Waals surface area contributed by atoms with Crippen LogP contribution in [0.15, 0.2) is 48.5 Å². The van der Waals surface area contributed by atoms with E-state index in [0.29, 0.717) is 41.8 Å². The fourth-order valence-corrected chi connectivity index (χ4v) is 3.02. The molecule has 0 fully saturated rings. The maximum atomic E-state index is 11.2. The molecule has 1 aromatic heterocycles. The monoisotopic (exact) mass is 404 g/mol. The van der Waals surface area contributed by atoms with Crippen LogP contribution < -0.4 is 0 Å². The largest absolute Gasteiger partial charge is 0.476 e. The van der Waals surface area contributed by atoms with Crippen molar-refractivity contribution in [2.75, 3.05) is 6.54 Å². The van der Waals surface area contributed by atoms with Gasteiger partial charge in [0.2, 0.25) is 0 Å². The lowest BCUT2D eigenvalue weighted by molar-refractivity contribution is 0.0689. The summed E-state index contributed by atoms with van der Waals surface area (Å²) in [5.74, 6) is -1.08. The molecule has 0 aliphatic heterocycles. The maximum absolute atomic E-state index is 11.2. The number of nitrogens with zero attached hydrogens (tertiary/aromatic N) is 3. The van der Waals surface area contributed by atoms with Gasteiger partial charge in [-0.05, 0) is 35.4 Å². The average molecular weight is 405 g/mol. The van der Waals surface area contributed by atoms with Crippen LogP contribution in [0, 0.1) is 0 Å². The van der Waals surface area contributed by atoms with Crippen molar-refractivity contribution in [2.45, 2.75) is 19.5 Å². The quantitative estimate of drug-likeness (QED) is 0.591. The Morgan fingerprint density at radius 1 is 0.926 bits per heavy atom. The Kier molecular flexibility index (Phi) is 6.45. The van der Waals surface area contributed by atoms with E-state index in [4.69, 9.17) is 23.2 Å². The highest BCUT2D eigenvalue weighted by atomic mass is 35.5. The van der Waals surface area contributed by atoms with Gasteiger partial charge in [-0.1, -0.05) is 47.5 Å². The zero-order chi connectivity index (χ0) is 19.2. The van der Waals surface area contributed by atoms with E-state index in [1.807, 2.05) is 48.5 Å². The molecule has 0 radical (unpaired) electrons. The molecule has 8 heteroatoms. The van der Waals surface area contributed by atoms with Crippen LogP contribution in [0.3, 0.4) is 0 Å². The van der Waals surface area contributed by atoms with E-state index in [2.05, 4.69) is 20.3 Å². The molecule has 2 N–H and O–H groups in total. The van der Waals surface area contributed by atoms with Crippen LogP contribution >= 0.6 is 23.2 Å². The fraction of sp³-hybridized carbons (Fsp3) is 0.211. The van der Waals surface area contributed by atoms with Gasteiger partial charge in [-0.2, -0.15) is 10.3 Å². The number of aromatic carboxylic acids is 1. The van der Waals surface area contributed by atoms with Crippen LogP contribution in [0.5, 0.6) is 0 Å². The van der Waals surface area contributed by atoms with Gasteiger partial charge in [0.15, 0.2) is 5.69 Å². The SMILES string of the molecule is O=C(O)c1n[nH]nc1CCN(Cc1ccc(Cl)cc1)Cc1ccc(Cl)cc1. The highest BCUT2D eigenvalue weighted by molar-refractivity contribution is 6.30. The second-order valence-corrected chi connectivity index (χ2v) is 7.01. The highest BCUT2D eigenvalue weighted by Gasteiger charge is 2.16. The van der Waals surface area contributed by atoms with E-state index < -0.39 is 5.97 Å². The lowest BCUT2D eigenvalue weighted by atomic mass is 10.1. The van der Waals surface area contributed by atoms with Crippen molar-refractivity contribution in [1.29, 1.82) is 0 Å². The first kappa shape index (κ1) is 19.4. The molecule has 140 valence electrons. The first-order chi connectivity index (χ1) is 13.0. The first-order valence-electron chi connectivity index (χ1n) is 8.35. The van der Waals surface area contributed by atoms with Crippen LogP contribution in [0.4, 0.5) is 0 Å². The molecule has 0 aliphatic rings. The van der Waals surface area contributed by atoms with Gasteiger partial charge in [-0.15, -0.1) is 5.10 Å². The molecule has 0 atom stereocenters. The smallest absolute Gasteiger partial charge is 0.358 e. The number of carboxylic acid groups (broad SMARTS) is 1. The Hall–Kier alpha value is -2.41. The molecule has 6 nitrogen and oxygen atoms in total. The van der Waals surface area contributed by atoms with Gasteiger partial charge in [0.1, 0.15) is 0 Å². The predicted octanol–water partition coefficient (Wildman–Crippen LogP) is 4.05. The number of halogens is 2. The lowest BCUT2D eigenvalue weighted by Gasteiger charge is -2.22. The third-order valence-corrected chi connectivity index (χ3v) is 4.63. The number of hydrogen-bond acceptors (Lipinski definition) is 4. The van der Waals surface area contributed by atoms with Gasteiger partial charge in [0.05, 0.1) is 5.69 Å². The van der Waals surface area contributed by atoms with Crippen molar-refractivity contribution < 1.29 is 9.90 Å². The van der Waals surface area contributed by atoms with Gasteiger partial charge >= 0.3 is 5.97 Å². The van der Waals surface area contributed by atoms with Gasteiger partial charge in [0.25, 0.3) is 0 Å². The van der Waals surface area contributed by atoms with E-state index in [9.17, 15) is 9.90 Å². The first-order valence-corrected chi connectivity index (χ1v) is 9.11. The molecule has 0 saturated heterocycles. The molecule has 1 heterocycles. The molecule has 0 amide bonds. The van der Waals surface area contributed by atoms with E-state index in [-0.39, 0.29) is 5.69 Å². The topological polar surface area (TPSA) is 82.1 Å². The molecule has 3 aromatic rings. The third kappa shape index (κ3) is 5.53. The van der Waals surface area contributed by atoms with Gasteiger partial charge in [-0.3, -0.25) is 4.90 Å². The van der Waals surface area contributed by atoms with E-state index >= 15 is 0 Å². The molecule has 0 aliphatic carbocycles. The molecule has 3 rings (SSSR count). The number of carbonyl (C=O) groups is 1. The van der Waals surface area contributed by atoms with Gasteiger partial charge in [0, 0.05) is 36.1 Å². The highest BCUT2D eigenvalue weighted by Crippen LogP contribution is 2.16. The van der Waals surface area contributed by atoms with Crippen molar-refractivity contribution >= 4 is 29.2 Å². The third-order valence-electron chi connectivity index (χ3n) is 4.13. The Bertz CT molecular complexity index is 847. The van der Waals surface area contributed by atoms with Crippen molar-refractivity contribution in [3.8, 4) is 0 Å². The molecular weight excluding hydrogens is 387 g/mol. The summed E-state index contributed by atoms with van der Waals surface area (Å²) in [5, 5.41) is 20.6. The van der Waals surface area contributed by atoms with Crippen LogP contribution in [0.1, 0.15) is 27.3 Å². The Morgan fingerprint density at radius 2 is 1.44 bits per heavy atom. The number of nitrogens with one attached hydrogen (secondary N) is 1. The Balaban J connectivity index is 1.73. The summed E-state index contributed by atoms with van der Waals surface area (Å²) in [6.07, 6.45) is 0.472. The summed E-state index contributed by atoms with van der Waals surface area (Å²) in [7, 11) is 0. The van der Waals surface area contributed by atoms with Gasteiger partial charge in [-0.25, -0.2) is 4.79 Å². The van der Waals surface area contributed by atoms with Crippen molar-refractivity contribution in [3.05, 3.63) is 81.1 Å². The number of benzene rings is 2. The maximum Gasteiger partial charge on any atom is 0.358 e. The number of rotatable bonds is 8. The summed E-state index contributed by atoms with van der Waals surface area (Å²) >= 11 is 11.9. The molecule has 0 spiro atoms. The summed E-state index contributed by atoms with van der Waals surface area (Å²) in [6.45, 7) is 2.01. The minimum Gasteiger partial charge on any atom is -0.476 e. The molecule has 2 aromatic carbocycles. The minimum atomic E-state index is -1.08. The molecular formula is C19H18Cl2N4O2. The Labute approximate surface area is 166 Å². The number of hydrogen-bond donors (Lipinski definition) is 2. The number of aromatic amines is 1. The van der Waals surface area contributed by atoms with E-state index in [1.54, 1.807) is 0 Å². The minimum absolute atomic E-state index is 0.0343. The fourth-order valence-electron chi connectivity index (χ4n) is 2.77. The summed E-state index contributed by atoms with van der Waals surface area (Å²) in [6, 6.07) is 15.4. The summed E-state index contributed by atoms with van der Waals surface area (Å²) in [5.41, 5.74) is 2.64. The summed E-state index contributed by atoms with van der Waals surface area (Å²) in [4.78, 5) is 13.4. The predicted molar refractivity (Wildman–Crippen MR) is 104 cm³/mol. The number of H-pyrrole nitrogens is 1. The van der Waals surface area contributed by atoms with E-state index in [1.165, 1.54) is 0 Å². The molecule has 0 saturated carbocycles. The summed E-state index contributed by atoms with van der Waals surface area (Å²) < 4.78 is 0. The second kappa shape index (κ2) is 8.99. The van der Waals surface area contributed by atoms with Crippen LogP contribution in [-0.4, -0.2) is 37.9 Å². The molecule has 0 unspecified atom stereocenters.